The molecule has 1 aromatic carbocycles. The summed E-state index contributed by atoms with van der Waals surface area (Å²) in [6.45, 7) is 3.89. The van der Waals surface area contributed by atoms with E-state index in [1.54, 1.807) is 23.5 Å². The van der Waals surface area contributed by atoms with Gasteiger partial charge in [-0.15, -0.1) is 0 Å². The number of benzene rings is 1. The van der Waals surface area contributed by atoms with Crippen molar-refractivity contribution in [1.29, 1.82) is 0 Å². The molecule has 94 valence electrons. The van der Waals surface area contributed by atoms with Crippen LogP contribution in [0.15, 0.2) is 35.0 Å². The van der Waals surface area contributed by atoms with Crippen LogP contribution in [-0.2, 0) is 0 Å². The number of hydrogen-bond donors (Lipinski definition) is 2. The summed E-state index contributed by atoms with van der Waals surface area (Å²) in [5, 5.41) is 16.6. The van der Waals surface area contributed by atoms with Gasteiger partial charge in [-0.1, -0.05) is 6.07 Å². The number of carbonyl (C=O) groups is 1. The van der Waals surface area contributed by atoms with E-state index in [9.17, 15) is 4.79 Å². The minimum atomic E-state index is -0.890. The van der Waals surface area contributed by atoms with Crippen LogP contribution in [0.1, 0.15) is 34.5 Å². The fourth-order valence-electron chi connectivity index (χ4n) is 1.86. The van der Waals surface area contributed by atoms with Gasteiger partial charge in [0, 0.05) is 11.7 Å². The van der Waals surface area contributed by atoms with Crippen molar-refractivity contribution in [2.45, 2.75) is 19.9 Å². The van der Waals surface area contributed by atoms with Gasteiger partial charge in [-0.3, -0.25) is 0 Å². The molecule has 3 nitrogen and oxygen atoms in total. The minimum Gasteiger partial charge on any atom is -0.478 e. The monoisotopic (exact) mass is 261 g/mol. The molecule has 1 atom stereocenters. The maximum atomic E-state index is 11.1. The van der Waals surface area contributed by atoms with E-state index in [-0.39, 0.29) is 6.04 Å². The maximum absolute atomic E-state index is 11.1. The van der Waals surface area contributed by atoms with Gasteiger partial charge in [-0.25, -0.2) is 4.79 Å². The van der Waals surface area contributed by atoms with Crippen LogP contribution < -0.4 is 5.32 Å². The van der Waals surface area contributed by atoms with Crippen LogP contribution in [0.5, 0.6) is 0 Å². The number of hydrogen-bond acceptors (Lipinski definition) is 3. The molecule has 0 aliphatic carbocycles. The zero-order valence-electron chi connectivity index (χ0n) is 10.3. The van der Waals surface area contributed by atoms with Crippen molar-refractivity contribution in [3.8, 4) is 0 Å². The number of rotatable bonds is 4. The average Bonchev–Trinajstić information content (AvgIpc) is 2.85. The third-order valence-corrected chi connectivity index (χ3v) is 3.68. The molecule has 1 unspecified atom stereocenters. The summed E-state index contributed by atoms with van der Waals surface area (Å²) in [4.78, 5) is 11.1. The van der Waals surface area contributed by atoms with Crippen molar-refractivity contribution in [3.05, 3.63) is 51.7 Å². The van der Waals surface area contributed by atoms with Gasteiger partial charge >= 0.3 is 5.97 Å². The molecule has 2 N–H and O–H groups in total. The van der Waals surface area contributed by atoms with Gasteiger partial charge in [-0.2, -0.15) is 11.3 Å². The Morgan fingerprint density at radius 3 is 2.78 bits per heavy atom. The Kier molecular flexibility index (Phi) is 3.67. The summed E-state index contributed by atoms with van der Waals surface area (Å²) in [5.41, 5.74) is 3.19. The van der Waals surface area contributed by atoms with Gasteiger partial charge in [0.2, 0.25) is 0 Å². The number of carboxylic acids is 1. The summed E-state index contributed by atoms with van der Waals surface area (Å²) in [6.07, 6.45) is 0. The lowest BCUT2D eigenvalue weighted by Crippen LogP contribution is -2.09. The van der Waals surface area contributed by atoms with Crippen LogP contribution in [0.3, 0.4) is 0 Å². The molecule has 1 aromatic heterocycles. The summed E-state index contributed by atoms with van der Waals surface area (Å²) < 4.78 is 0. The molecule has 0 fully saturated rings. The highest BCUT2D eigenvalue weighted by Crippen LogP contribution is 2.25. The molecule has 0 radical (unpaired) electrons. The molecule has 0 saturated carbocycles. The van der Waals surface area contributed by atoms with Crippen molar-refractivity contribution in [2.75, 3.05) is 5.32 Å². The van der Waals surface area contributed by atoms with E-state index in [1.807, 2.05) is 18.4 Å². The van der Waals surface area contributed by atoms with Crippen molar-refractivity contribution in [3.63, 3.8) is 0 Å². The highest BCUT2D eigenvalue weighted by Gasteiger charge is 2.12. The Morgan fingerprint density at radius 1 is 1.39 bits per heavy atom. The van der Waals surface area contributed by atoms with Crippen LogP contribution in [-0.4, -0.2) is 11.1 Å². The molecule has 0 aliphatic heterocycles. The summed E-state index contributed by atoms with van der Waals surface area (Å²) >= 11 is 1.66. The fraction of sp³-hybridized carbons (Fsp3) is 0.214. The first kappa shape index (κ1) is 12.6. The molecule has 0 spiro atoms. The molecule has 0 bridgehead atoms. The smallest absolute Gasteiger partial charge is 0.336 e. The molecule has 0 aliphatic rings. The van der Waals surface area contributed by atoms with Gasteiger partial charge in [0.25, 0.3) is 0 Å². The van der Waals surface area contributed by atoms with E-state index in [0.29, 0.717) is 5.56 Å². The van der Waals surface area contributed by atoms with Gasteiger partial charge in [0.15, 0.2) is 0 Å². The van der Waals surface area contributed by atoms with Crippen LogP contribution in [0, 0.1) is 6.92 Å². The normalized spacial score (nSPS) is 12.1. The molecule has 1 heterocycles. The van der Waals surface area contributed by atoms with Gasteiger partial charge < -0.3 is 10.4 Å². The standard InChI is InChI=1S/C14H15NO2S/c1-9-12(14(16)17)4-3-5-13(9)15-10(2)11-6-7-18-8-11/h3-8,10,15H,1-2H3,(H,16,17). The first-order chi connectivity index (χ1) is 8.59. The second-order valence-corrected chi connectivity index (χ2v) is 4.99. The van der Waals surface area contributed by atoms with E-state index in [2.05, 4.69) is 23.7 Å². The van der Waals surface area contributed by atoms with Gasteiger partial charge in [0.1, 0.15) is 0 Å². The van der Waals surface area contributed by atoms with Gasteiger partial charge in [0.05, 0.1) is 5.56 Å². The lowest BCUT2D eigenvalue weighted by molar-refractivity contribution is 0.0696. The SMILES string of the molecule is Cc1c(NC(C)c2ccsc2)cccc1C(=O)O. The minimum absolute atomic E-state index is 0.166. The van der Waals surface area contributed by atoms with Crippen molar-refractivity contribution in [2.24, 2.45) is 0 Å². The molecule has 0 saturated heterocycles. The fourth-order valence-corrected chi connectivity index (χ4v) is 2.62. The lowest BCUT2D eigenvalue weighted by Gasteiger charge is -2.17. The number of carboxylic acid groups (broad SMARTS) is 1. The molecular weight excluding hydrogens is 246 g/mol. The summed E-state index contributed by atoms with van der Waals surface area (Å²) in [7, 11) is 0. The molecule has 18 heavy (non-hydrogen) atoms. The van der Waals surface area contributed by atoms with Gasteiger partial charge in [-0.05, 0) is 53.9 Å². The third kappa shape index (κ3) is 2.54. The van der Waals surface area contributed by atoms with Crippen LogP contribution in [0.4, 0.5) is 5.69 Å². The first-order valence-electron chi connectivity index (χ1n) is 5.71. The Morgan fingerprint density at radius 2 is 2.17 bits per heavy atom. The second-order valence-electron chi connectivity index (χ2n) is 4.21. The molecule has 4 heteroatoms. The Bertz CT molecular complexity index is 549. The largest absolute Gasteiger partial charge is 0.478 e. The number of thiophene rings is 1. The average molecular weight is 261 g/mol. The maximum Gasteiger partial charge on any atom is 0.336 e. The highest BCUT2D eigenvalue weighted by atomic mass is 32.1. The Balaban J connectivity index is 2.24. The van der Waals surface area contributed by atoms with Crippen LogP contribution >= 0.6 is 11.3 Å². The van der Waals surface area contributed by atoms with Crippen molar-refractivity contribution in [1.82, 2.24) is 0 Å². The molecule has 2 aromatic rings. The predicted molar refractivity (Wildman–Crippen MR) is 74.5 cm³/mol. The Labute approximate surface area is 110 Å². The summed E-state index contributed by atoms with van der Waals surface area (Å²) in [5.74, 6) is -0.890. The molecular formula is C14H15NO2S. The third-order valence-electron chi connectivity index (χ3n) is 2.98. The number of nitrogens with one attached hydrogen (secondary N) is 1. The van der Waals surface area contributed by atoms with Crippen molar-refractivity contribution < 1.29 is 9.90 Å². The number of aromatic carboxylic acids is 1. The van der Waals surface area contributed by atoms with E-state index in [0.717, 1.165) is 11.3 Å². The van der Waals surface area contributed by atoms with E-state index in [4.69, 9.17) is 5.11 Å². The van der Waals surface area contributed by atoms with Crippen molar-refractivity contribution >= 4 is 23.0 Å². The topological polar surface area (TPSA) is 49.3 Å². The Hall–Kier alpha value is -1.81. The van der Waals surface area contributed by atoms with E-state index >= 15 is 0 Å². The van der Waals surface area contributed by atoms with Crippen LogP contribution in [0.25, 0.3) is 0 Å². The lowest BCUT2D eigenvalue weighted by atomic mass is 10.1. The van der Waals surface area contributed by atoms with E-state index in [1.165, 1.54) is 5.56 Å². The quantitative estimate of drug-likeness (QED) is 0.876. The highest BCUT2D eigenvalue weighted by molar-refractivity contribution is 7.07. The summed E-state index contributed by atoms with van der Waals surface area (Å²) in [6, 6.07) is 7.53. The molecule has 2 rings (SSSR count). The van der Waals surface area contributed by atoms with E-state index < -0.39 is 5.97 Å². The predicted octanol–water partition coefficient (Wildman–Crippen LogP) is 3.93. The molecule has 0 amide bonds. The first-order valence-corrected chi connectivity index (χ1v) is 6.65. The zero-order chi connectivity index (χ0) is 13.1. The van der Waals surface area contributed by atoms with Crippen LogP contribution in [0.2, 0.25) is 0 Å². The zero-order valence-corrected chi connectivity index (χ0v) is 11.1. The second kappa shape index (κ2) is 5.23. The number of anilines is 1.